The van der Waals surface area contributed by atoms with Gasteiger partial charge in [-0.25, -0.2) is 0 Å². The van der Waals surface area contributed by atoms with Gasteiger partial charge in [0.2, 0.25) is 5.91 Å². The quantitative estimate of drug-likeness (QED) is 0.788. The molecule has 0 spiro atoms. The second kappa shape index (κ2) is 5.80. The third-order valence-electron chi connectivity index (χ3n) is 3.69. The Morgan fingerprint density at radius 3 is 2.12 bits per heavy atom. The SMILES string of the molecule is CC(C)C(C(=O)N1[C@H](C)CCC[C@@H]1C)C(N)=S. The Balaban J connectivity index is 2.88. The van der Waals surface area contributed by atoms with Gasteiger partial charge in [0, 0.05) is 12.1 Å². The molecule has 0 aromatic rings. The summed E-state index contributed by atoms with van der Waals surface area (Å²) in [7, 11) is 0. The summed E-state index contributed by atoms with van der Waals surface area (Å²) in [5, 5.41) is 0. The molecule has 2 N–H and O–H groups in total. The van der Waals surface area contributed by atoms with E-state index in [2.05, 4.69) is 13.8 Å². The van der Waals surface area contributed by atoms with Gasteiger partial charge in [-0.3, -0.25) is 4.79 Å². The molecule has 1 unspecified atom stereocenters. The van der Waals surface area contributed by atoms with Crippen molar-refractivity contribution < 1.29 is 4.79 Å². The molecule has 98 valence electrons. The summed E-state index contributed by atoms with van der Waals surface area (Å²) >= 11 is 5.05. The van der Waals surface area contributed by atoms with Crippen molar-refractivity contribution in [1.29, 1.82) is 0 Å². The van der Waals surface area contributed by atoms with Gasteiger partial charge in [0.15, 0.2) is 0 Å². The summed E-state index contributed by atoms with van der Waals surface area (Å²) in [6.45, 7) is 8.23. The molecule has 4 heteroatoms. The van der Waals surface area contributed by atoms with Gasteiger partial charge >= 0.3 is 0 Å². The number of carbonyl (C=O) groups is 1. The molecule has 1 rings (SSSR count). The van der Waals surface area contributed by atoms with Crippen LogP contribution in [0.3, 0.4) is 0 Å². The van der Waals surface area contributed by atoms with Crippen LogP contribution < -0.4 is 5.73 Å². The number of piperidine rings is 1. The van der Waals surface area contributed by atoms with Crippen LogP contribution in [0.25, 0.3) is 0 Å². The predicted molar refractivity (Wildman–Crippen MR) is 74.7 cm³/mol. The van der Waals surface area contributed by atoms with E-state index in [0.29, 0.717) is 17.1 Å². The van der Waals surface area contributed by atoms with E-state index in [1.165, 1.54) is 6.42 Å². The molecule has 0 aromatic heterocycles. The first-order valence-corrected chi connectivity index (χ1v) is 6.88. The second-order valence-corrected chi connectivity index (χ2v) is 5.97. The van der Waals surface area contributed by atoms with E-state index in [4.69, 9.17) is 18.0 Å². The topological polar surface area (TPSA) is 46.3 Å². The number of thiocarbonyl (C=S) groups is 1. The third-order valence-corrected chi connectivity index (χ3v) is 3.94. The number of hydrogen-bond donors (Lipinski definition) is 1. The summed E-state index contributed by atoms with van der Waals surface area (Å²) in [5.74, 6) is -0.0264. The predicted octanol–water partition coefficient (Wildman–Crippen LogP) is 2.33. The molecule has 3 atom stereocenters. The smallest absolute Gasteiger partial charge is 0.233 e. The lowest BCUT2D eigenvalue weighted by Gasteiger charge is -2.41. The Labute approximate surface area is 110 Å². The van der Waals surface area contributed by atoms with Crippen molar-refractivity contribution in [2.24, 2.45) is 17.6 Å². The highest BCUT2D eigenvalue weighted by atomic mass is 32.1. The summed E-state index contributed by atoms with van der Waals surface area (Å²) in [4.78, 5) is 14.9. The lowest BCUT2D eigenvalue weighted by molar-refractivity contribution is -0.140. The molecule has 3 nitrogen and oxygen atoms in total. The number of amides is 1. The summed E-state index contributed by atoms with van der Waals surface area (Å²) < 4.78 is 0. The van der Waals surface area contributed by atoms with Crippen LogP contribution in [0.5, 0.6) is 0 Å². The first-order valence-electron chi connectivity index (χ1n) is 6.47. The van der Waals surface area contributed by atoms with Gasteiger partial charge in [0.1, 0.15) is 0 Å². The first kappa shape index (κ1) is 14.4. The van der Waals surface area contributed by atoms with Crippen molar-refractivity contribution >= 4 is 23.1 Å². The van der Waals surface area contributed by atoms with E-state index in [9.17, 15) is 4.79 Å². The summed E-state index contributed by atoms with van der Waals surface area (Å²) in [6, 6.07) is 0.615. The van der Waals surface area contributed by atoms with Crippen molar-refractivity contribution in [1.82, 2.24) is 4.90 Å². The molecule has 0 aliphatic carbocycles. The van der Waals surface area contributed by atoms with Crippen LogP contribution >= 0.6 is 12.2 Å². The maximum atomic E-state index is 12.6. The zero-order valence-corrected chi connectivity index (χ0v) is 12.1. The zero-order chi connectivity index (χ0) is 13.2. The summed E-state index contributed by atoms with van der Waals surface area (Å²) in [6.07, 6.45) is 3.36. The van der Waals surface area contributed by atoms with Crippen LogP contribution in [-0.2, 0) is 4.79 Å². The van der Waals surface area contributed by atoms with Gasteiger partial charge in [-0.15, -0.1) is 0 Å². The Hall–Kier alpha value is -0.640. The Bertz CT molecular complexity index is 294. The number of carbonyl (C=O) groups excluding carboxylic acids is 1. The van der Waals surface area contributed by atoms with Gasteiger partial charge in [-0.05, 0) is 39.0 Å². The minimum absolute atomic E-state index is 0.118. The molecule has 1 saturated heterocycles. The molecule has 1 aliphatic rings. The van der Waals surface area contributed by atoms with E-state index in [1.54, 1.807) is 0 Å². The van der Waals surface area contributed by atoms with Crippen molar-refractivity contribution in [3.8, 4) is 0 Å². The molecule has 0 radical (unpaired) electrons. The molecule has 0 bridgehead atoms. The number of likely N-dealkylation sites (tertiary alicyclic amines) is 1. The third kappa shape index (κ3) is 3.18. The van der Waals surface area contributed by atoms with E-state index >= 15 is 0 Å². The van der Waals surface area contributed by atoms with E-state index in [1.807, 2.05) is 18.7 Å². The maximum absolute atomic E-state index is 12.6. The lowest BCUT2D eigenvalue weighted by Crippen LogP contribution is -2.52. The van der Waals surface area contributed by atoms with Crippen LogP contribution in [0, 0.1) is 11.8 Å². The highest BCUT2D eigenvalue weighted by Gasteiger charge is 2.35. The Morgan fingerprint density at radius 2 is 1.76 bits per heavy atom. The minimum Gasteiger partial charge on any atom is -0.393 e. The first-order chi connectivity index (χ1) is 7.86. The highest BCUT2D eigenvalue weighted by molar-refractivity contribution is 7.80. The number of hydrogen-bond acceptors (Lipinski definition) is 2. The fraction of sp³-hybridized carbons (Fsp3) is 0.846. The molecule has 1 fully saturated rings. The van der Waals surface area contributed by atoms with E-state index in [-0.39, 0.29) is 17.7 Å². The minimum atomic E-state index is -0.312. The van der Waals surface area contributed by atoms with E-state index < -0.39 is 0 Å². The maximum Gasteiger partial charge on any atom is 0.233 e. The van der Waals surface area contributed by atoms with Gasteiger partial charge in [0.05, 0.1) is 10.9 Å². The van der Waals surface area contributed by atoms with Crippen LogP contribution in [-0.4, -0.2) is 27.9 Å². The Kier molecular flexibility index (Phi) is 4.92. The molecule has 1 heterocycles. The monoisotopic (exact) mass is 256 g/mol. The largest absolute Gasteiger partial charge is 0.393 e. The van der Waals surface area contributed by atoms with Gasteiger partial charge in [0.25, 0.3) is 0 Å². The normalized spacial score (nSPS) is 27.0. The summed E-state index contributed by atoms with van der Waals surface area (Å²) in [5.41, 5.74) is 5.72. The average Bonchev–Trinajstić information content (AvgIpc) is 2.15. The number of rotatable bonds is 3. The number of nitrogens with two attached hydrogens (primary N) is 1. The molecule has 1 aliphatic heterocycles. The lowest BCUT2D eigenvalue weighted by atomic mass is 9.90. The fourth-order valence-corrected chi connectivity index (χ4v) is 3.12. The van der Waals surface area contributed by atoms with Crippen molar-refractivity contribution in [3.63, 3.8) is 0 Å². The molecular formula is C13H24N2OS. The van der Waals surface area contributed by atoms with Crippen molar-refractivity contribution in [2.75, 3.05) is 0 Å². The molecule has 17 heavy (non-hydrogen) atoms. The fourth-order valence-electron chi connectivity index (χ4n) is 2.75. The van der Waals surface area contributed by atoms with Gasteiger partial charge < -0.3 is 10.6 Å². The van der Waals surface area contributed by atoms with E-state index in [0.717, 1.165) is 12.8 Å². The molecule has 0 aromatic carbocycles. The van der Waals surface area contributed by atoms with Gasteiger partial charge in [-0.2, -0.15) is 0 Å². The van der Waals surface area contributed by atoms with Crippen LogP contribution in [0.4, 0.5) is 0 Å². The standard InChI is InChI=1S/C13H24N2OS/c1-8(2)11(12(14)17)13(16)15-9(3)6-5-7-10(15)4/h8-11H,5-7H2,1-4H3,(H2,14,17)/t9-,10+,11?. The van der Waals surface area contributed by atoms with Crippen LogP contribution in [0.2, 0.25) is 0 Å². The van der Waals surface area contributed by atoms with Crippen LogP contribution in [0.15, 0.2) is 0 Å². The average molecular weight is 256 g/mol. The van der Waals surface area contributed by atoms with Crippen molar-refractivity contribution in [3.05, 3.63) is 0 Å². The second-order valence-electron chi connectivity index (χ2n) is 5.50. The Morgan fingerprint density at radius 1 is 1.29 bits per heavy atom. The zero-order valence-electron chi connectivity index (χ0n) is 11.3. The highest BCUT2D eigenvalue weighted by Crippen LogP contribution is 2.26. The molecule has 1 amide bonds. The van der Waals surface area contributed by atoms with Crippen LogP contribution in [0.1, 0.15) is 47.0 Å². The van der Waals surface area contributed by atoms with Gasteiger partial charge in [-0.1, -0.05) is 26.1 Å². The van der Waals surface area contributed by atoms with Crippen molar-refractivity contribution in [2.45, 2.75) is 59.0 Å². The molecule has 0 saturated carbocycles. The molecular weight excluding hydrogens is 232 g/mol. The number of nitrogens with zero attached hydrogens (tertiary/aromatic N) is 1.